The van der Waals surface area contributed by atoms with Crippen molar-refractivity contribution in [2.45, 2.75) is 89.6 Å². The van der Waals surface area contributed by atoms with E-state index in [4.69, 9.17) is 0 Å². The highest BCUT2D eigenvalue weighted by Crippen LogP contribution is 2.43. The van der Waals surface area contributed by atoms with E-state index >= 15 is 0 Å². The fraction of sp³-hybridized carbons (Fsp3) is 0.750. The third kappa shape index (κ3) is 9.80. The highest BCUT2D eigenvalue weighted by Gasteiger charge is 2.41. The van der Waals surface area contributed by atoms with Crippen LogP contribution in [0.3, 0.4) is 0 Å². The van der Waals surface area contributed by atoms with E-state index in [1.807, 2.05) is 12.2 Å². The molecule has 1 aliphatic rings. The maximum Gasteiger partial charge on any atom is 0.305 e. The largest absolute Gasteiger partial charge is 0.469 e. The molecule has 0 unspecified atom stereocenters. The number of methoxy groups -OCH3 is 1. The Balaban J connectivity index is 2.72. The zero-order valence-electron chi connectivity index (χ0n) is 19.0. The monoisotopic (exact) mass is 440 g/mol. The highest BCUT2D eigenvalue weighted by molar-refractivity contribution is 8.14. The second-order valence-electron chi connectivity index (χ2n) is 8.36. The van der Waals surface area contributed by atoms with Gasteiger partial charge in [0.05, 0.1) is 19.3 Å². The van der Waals surface area contributed by atoms with Gasteiger partial charge in [0.1, 0.15) is 0 Å². The third-order valence-electron chi connectivity index (χ3n) is 5.89. The molecule has 0 aromatic carbocycles. The van der Waals surface area contributed by atoms with Crippen LogP contribution in [0.2, 0.25) is 0 Å². The second kappa shape index (κ2) is 14.8. The van der Waals surface area contributed by atoms with Crippen molar-refractivity contribution in [1.29, 1.82) is 0 Å². The van der Waals surface area contributed by atoms with Gasteiger partial charge in [-0.25, -0.2) is 0 Å². The molecule has 5 nitrogen and oxygen atoms in total. The first-order valence-electron chi connectivity index (χ1n) is 11.2. The standard InChI is InChI=1S/C24H40O5S/c1-5-6-11-17(2)21(26)15-14-19-20(23(16-22(19)27)30-18(3)25)12-9-7-8-10-13-24(28)29-4/h7,9,14-15,17,19-23,26-27H,5-6,8,10-13,16H2,1-4H3/t17-,19-,20-,21-,22-,23+/m1/s1. The maximum atomic E-state index is 11.7. The van der Waals surface area contributed by atoms with Gasteiger partial charge in [-0.1, -0.05) is 62.8 Å². The SMILES string of the molecule is CCCC[C@@H](C)[C@H](O)C=C[C@@H]1[C@@H](CC=CCCCC(=O)OC)[C@@H](SC(C)=O)C[C@H]1O. The average molecular weight is 441 g/mol. The molecule has 6 atom stereocenters. The van der Waals surface area contributed by atoms with Gasteiger partial charge in [0.15, 0.2) is 5.12 Å². The minimum absolute atomic E-state index is 0.0668. The summed E-state index contributed by atoms with van der Waals surface area (Å²) in [5.41, 5.74) is 0. The smallest absolute Gasteiger partial charge is 0.305 e. The van der Waals surface area contributed by atoms with Crippen LogP contribution in [0.15, 0.2) is 24.3 Å². The maximum absolute atomic E-state index is 11.7. The van der Waals surface area contributed by atoms with Crippen molar-refractivity contribution in [2.75, 3.05) is 7.11 Å². The molecule has 1 saturated carbocycles. The Bertz CT molecular complexity index is 574. The highest BCUT2D eigenvalue weighted by atomic mass is 32.2. The van der Waals surface area contributed by atoms with Gasteiger partial charge >= 0.3 is 5.97 Å². The van der Waals surface area contributed by atoms with Crippen LogP contribution in [0, 0.1) is 17.8 Å². The number of rotatable bonds is 13. The molecular formula is C24H40O5S. The molecule has 6 heteroatoms. The summed E-state index contributed by atoms with van der Waals surface area (Å²) in [7, 11) is 1.39. The Morgan fingerprint density at radius 3 is 2.63 bits per heavy atom. The van der Waals surface area contributed by atoms with Gasteiger partial charge in [-0.2, -0.15) is 0 Å². The second-order valence-corrected chi connectivity index (χ2v) is 9.78. The topological polar surface area (TPSA) is 83.8 Å². The van der Waals surface area contributed by atoms with Gasteiger partial charge in [0.2, 0.25) is 0 Å². The van der Waals surface area contributed by atoms with Crippen molar-refractivity contribution in [3.8, 4) is 0 Å². The Morgan fingerprint density at radius 2 is 2.00 bits per heavy atom. The number of hydrogen-bond acceptors (Lipinski definition) is 6. The number of unbranched alkanes of at least 4 members (excludes halogenated alkanes) is 2. The molecule has 30 heavy (non-hydrogen) atoms. The molecule has 1 rings (SSSR count). The van der Waals surface area contributed by atoms with E-state index in [0.717, 1.165) is 38.5 Å². The van der Waals surface area contributed by atoms with Gasteiger partial charge in [-0.05, 0) is 43.9 Å². The third-order valence-corrected chi connectivity index (χ3v) is 7.06. The summed E-state index contributed by atoms with van der Waals surface area (Å²) < 4.78 is 4.65. The number of carbonyl (C=O) groups is 2. The molecule has 0 aliphatic heterocycles. The lowest BCUT2D eigenvalue weighted by atomic mass is 9.89. The lowest BCUT2D eigenvalue weighted by Crippen LogP contribution is -2.21. The molecule has 172 valence electrons. The van der Waals surface area contributed by atoms with Crippen molar-refractivity contribution in [3.63, 3.8) is 0 Å². The summed E-state index contributed by atoms with van der Waals surface area (Å²) in [6, 6.07) is 0. The van der Waals surface area contributed by atoms with E-state index in [9.17, 15) is 19.8 Å². The number of aliphatic hydroxyl groups is 2. The predicted molar refractivity (Wildman–Crippen MR) is 123 cm³/mol. The van der Waals surface area contributed by atoms with Gasteiger partial charge in [0.25, 0.3) is 0 Å². The first kappa shape index (κ1) is 26.9. The van der Waals surface area contributed by atoms with Crippen LogP contribution in [0.4, 0.5) is 0 Å². The van der Waals surface area contributed by atoms with E-state index < -0.39 is 12.2 Å². The number of hydrogen-bond donors (Lipinski definition) is 2. The molecular weight excluding hydrogens is 400 g/mol. The summed E-state index contributed by atoms with van der Waals surface area (Å²) in [6.45, 7) is 5.77. The minimum atomic E-state index is -0.516. The number of ether oxygens (including phenoxy) is 1. The summed E-state index contributed by atoms with van der Waals surface area (Å²) in [6.07, 6.45) is 13.4. The molecule has 0 spiro atoms. The van der Waals surface area contributed by atoms with Gasteiger partial charge in [0, 0.05) is 24.5 Å². The average Bonchev–Trinajstić information content (AvgIpc) is 2.99. The van der Waals surface area contributed by atoms with Crippen LogP contribution < -0.4 is 0 Å². The Hall–Kier alpha value is -1.11. The fourth-order valence-electron chi connectivity index (χ4n) is 4.00. The molecule has 0 bridgehead atoms. The van der Waals surface area contributed by atoms with Crippen molar-refractivity contribution >= 4 is 22.8 Å². The van der Waals surface area contributed by atoms with Gasteiger partial charge in [-0.3, -0.25) is 9.59 Å². The molecule has 1 aliphatic carbocycles. The van der Waals surface area contributed by atoms with Crippen LogP contribution in [-0.4, -0.2) is 45.9 Å². The molecule has 0 heterocycles. The molecule has 0 aromatic rings. The number of thioether (sulfide) groups is 1. The minimum Gasteiger partial charge on any atom is -0.469 e. The van der Waals surface area contributed by atoms with Gasteiger partial charge < -0.3 is 14.9 Å². The number of aliphatic hydroxyl groups excluding tert-OH is 2. The van der Waals surface area contributed by atoms with Crippen LogP contribution in [0.25, 0.3) is 0 Å². The molecule has 0 amide bonds. The summed E-state index contributed by atoms with van der Waals surface area (Å²) in [4.78, 5) is 22.9. The first-order valence-corrected chi connectivity index (χ1v) is 12.1. The lowest BCUT2D eigenvalue weighted by molar-refractivity contribution is -0.140. The van der Waals surface area contributed by atoms with Gasteiger partial charge in [-0.15, -0.1) is 0 Å². The van der Waals surface area contributed by atoms with E-state index in [1.165, 1.54) is 18.9 Å². The lowest BCUT2D eigenvalue weighted by Gasteiger charge is -2.22. The number of esters is 1. The molecule has 2 N–H and O–H groups in total. The Labute approximate surface area is 186 Å². The van der Waals surface area contributed by atoms with Crippen molar-refractivity contribution < 1.29 is 24.5 Å². The van der Waals surface area contributed by atoms with E-state index in [0.29, 0.717) is 12.8 Å². The van der Waals surface area contributed by atoms with Crippen LogP contribution in [0.1, 0.15) is 72.1 Å². The van der Waals surface area contributed by atoms with E-state index in [-0.39, 0.29) is 34.1 Å². The zero-order valence-corrected chi connectivity index (χ0v) is 19.8. The summed E-state index contributed by atoms with van der Waals surface area (Å²) >= 11 is 1.31. The Morgan fingerprint density at radius 1 is 1.27 bits per heavy atom. The summed E-state index contributed by atoms with van der Waals surface area (Å²) in [5, 5.41) is 21.2. The van der Waals surface area contributed by atoms with Crippen molar-refractivity contribution in [2.24, 2.45) is 17.8 Å². The molecule has 0 saturated heterocycles. The van der Waals surface area contributed by atoms with Crippen LogP contribution in [0.5, 0.6) is 0 Å². The molecule has 0 aromatic heterocycles. The number of allylic oxidation sites excluding steroid dienone is 2. The Kier molecular flexibility index (Phi) is 13.3. The molecule has 0 radical (unpaired) electrons. The van der Waals surface area contributed by atoms with E-state index in [2.05, 4.69) is 30.7 Å². The first-order chi connectivity index (χ1) is 14.3. The van der Waals surface area contributed by atoms with Crippen molar-refractivity contribution in [3.05, 3.63) is 24.3 Å². The predicted octanol–water partition coefficient (Wildman–Crippen LogP) is 4.66. The van der Waals surface area contributed by atoms with Crippen LogP contribution in [-0.2, 0) is 14.3 Å². The number of carbonyl (C=O) groups excluding carboxylic acids is 2. The zero-order chi connectivity index (χ0) is 22.5. The normalized spacial score (nSPS) is 26.3. The van der Waals surface area contributed by atoms with Crippen molar-refractivity contribution in [1.82, 2.24) is 0 Å². The van der Waals surface area contributed by atoms with E-state index in [1.54, 1.807) is 6.92 Å². The quantitative estimate of drug-likeness (QED) is 0.246. The van der Waals surface area contributed by atoms with Crippen LogP contribution >= 0.6 is 11.8 Å². The molecule has 1 fully saturated rings. The summed E-state index contributed by atoms with van der Waals surface area (Å²) in [5.74, 6) is 0.0576. The fourth-order valence-corrected chi connectivity index (χ4v) is 5.19.